The van der Waals surface area contributed by atoms with Crippen molar-refractivity contribution in [1.29, 1.82) is 0 Å². The highest BCUT2D eigenvalue weighted by Gasteiger charge is 2.41. The van der Waals surface area contributed by atoms with Crippen LogP contribution in [-0.2, 0) is 9.53 Å². The maximum Gasteiger partial charge on any atom is 0.323 e. The average Bonchev–Trinajstić information content (AvgIpc) is 1.99. The third kappa shape index (κ3) is 4.94. The number of carboxylic acids is 1. The number of rotatable bonds is 5. The van der Waals surface area contributed by atoms with Crippen molar-refractivity contribution in [3.8, 4) is 0 Å². The first-order valence-electron chi connectivity index (χ1n) is 5.50. The van der Waals surface area contributed by atoms with Crippen LogP contribution < -0.4 is 5.32 Å². The molecule has 0 aliphatic carbocycles. The molecule has 2 N–H and O–H groups in total. The molecule has 0 aliphatic heterocycles. The zero-order valence-corrected chi connectivity index (χ0v) is 11.5. The summed E-state index contributed by atoms with van der Waals surface area (Å²) in [4.78, 5) is 11.4. The Labute approximate surface area is 98.4 Å². The Morgan fingerprint density at radius 3 is 1.88 bits per heavy atom. The second-order valence-corrected chi connectivity index (χ2v) is 6.15. The van der Waals surface area contributed by atoms with Crippen LogP contribution in [0, 0.1) is 0 Å². The minimum absolute atomic E-state index is 0.253. The predicted molar refractivity (Wildman–Crippen MR) is 64.6 cm³/mol. The molecule has 0 rings (SSSR count). The molecule has 0 aromatic heterocycles. The SMILES string of the molecule is COC(C)(C)CC(C)(NC(C)(C)C)C(=O)O. The van der Waals surface area contributed by atoms with Gasteiger partial charge in [-0.15, -0.1) is 0 Å². The van der Waals surface area contributed by atoms with Gasteiger partial charge in [0, 0.05) is 19.1 Å². The molecule has 0 bridgehead atoms. The van der Waals surface area contributed by atoms with Crippen LogP contribution in [0.2, 0.25) is 0 Å². The number of methoxy groups -OCH3 is 1. The second kappa shape index (κ2) is 4.72. The third-order valence-corrected chi connectivity index (χ3v) is 2.45. The molecular weight excluding hydrogens is 206 g/mol. The van der Waals surface area contributed by atoms with E-state index in [4.69, 9.17) is 4.74 Å². The Morgan fingerprint density at radius 2 is 1.62 bits per heavy atom. The van der Waals surface area contributed by atoms with E-state index in [2.05, 4.69) is 5.32 Å². The molecule has 0 saturated heterocycles. The van der Waals surface area contributed by atoms with Crippen molar-refractivity contribution in [1.82, 2.24) is 5.32 Å². The van der Waals surface area contributed by atoms with Crippen molar-refractivity contribution in [2.45, 2.75) is 64.6 Å². The fraction of sp³-hybridized carbons (Fsp3) is 0.917. The quantitative estimate of drug-likeness (QED) is 0.760. The molecule has 0 radical (unpaired) electrons. The number of hydrogen-bond donors (Lipinski definition) is 2. The maximum absolute atomic E-state index is 11.4. The van der Waals surface area contributed by atoms with Crippen molar-refractivity contribution < 1.29 is 14.6 Å². The molecule has 4 heteroatoms. The predicted octanol–water partition coefficient (Wildman–Crippen LogP) is 2.03. The lowest BCUT2D eigenvalue weighted by atomic mass is 9.85. The fourth-order valence-corrected chi connectivity index (χ4v) is 1.92. The largest absolute Gasteiger partial charge is 0.480 e. The molecule has 1 atom stereocenters. The van der Waals surface area contributed by atoms with Crippen molar-refractivity contribution in [3.05, 3.63) is 0 Å². The zero-order valence-electron chi connectivity index (χ0n) is 11.5. The molecule has 16 heavy (non-hydrogen) atoms. The van der Waals surface area contributed by atoms with Gasteiger partial charge in [0.2, 0.25) is 0 Å². The highest BCUT2D eigenvalue weighted by Crippen LogP contribution is 2.25. The molecule has 0 amide bonds. The van der Waals surface area contributed by atoms with Gasteiger partial charge in [0.05, 0.1) is 5.60 Å². The van der Waals surface area contributed by atoms with E-state index in [0.717, 1.165) is 0 Å². The Kier molecular flexibility index (Phi) is 4.54. The molecule has 0 spiro atoms. The zero-order chi connectivity index (χ0) is 13.2. The van der Waals surface area contributed by atoms with Crippen LogP contribution in [0.5, 0.6) is 0 Å². The van der Waals surface area contributed by atoms with Gasteiger partial charge in [-0.1, -0.05) is 0 Å². The van der Waals surface area contributed by atoms with E-state index in [-0.39, 0.29) is 5.54 Å². The number of ether oxygens (including phenoxy) is 1. The number of aliphatic carboxylic acids is 1. The van der Waals surface area contributed by atoms with Gasteiger partial charge in [0.25, 0.3) is 0 Å². The Bertz CT molecular complexity index is 255. The summed E-state index contributed by atoms with van der Waals surface area (Å²) in [5.41, 5.74) is -1.71. The highest BCUT2D eigenvalue weighted by atomic mass is 16.5. The molecule has 0 aromatic carbocycles. The van der Waals surface area contributed by atoms with Crippen LogP contribution in [-0.4, -0.2) is 34.9 Å². The van der Waals surface area contributed by atoms with E-state index < -0.39 is 17.1 Å². The summed E-state index contributed by atoms with van der Waals surface area (Å²) < 4.78 is 5.29. The van der Waals surface area contributed by atoms with Crippen LogP contribution in [0.15, 0.2) is 0 Å². The first kappa shape index (κ1) is 15.4. The standard InChI is InChI=1S/C12H25NO3/c1-10(2,3)13-12(6,9(14)15)8-11(4,5)16-7/h13H,8H2,1-7H3,(H,14,15). The monoisotopic (exact) mass is 231 g/mol. The van der Waals surface area contributed by atoms with Crippen LogP contribution in [0.1, 0.15) is 48.0 Å². The van der Waals surface area contributed by atoms with Crippen LogP contribution in [0.4, 0.5) is 0 Å². The molecule has 4 nitrogen and oxygen atoms in total. The summed E-state index contributed by atoms with van der Waals surface area (Å²) in [6, 6.07) is 0. The summed E-state index contributed by atoms with van der Waals surface area (Å²) in [5, 5.41) is 12.5. The molecule has 0 aliphatic rings. The number of carboxylic acid groups (broad SMARTS) is 1. The van der Waals surface area contributed by atoms with Crippen LogP contribution >= 0.6 is 0 Å². The molecule has 0 aromatic rings. The van der Waals surface area contributed by atoms with E-state index in [0.29, 0.717) is 6.42 Å². The van der Waals surface area contributed by atoms with Gasteiger partial charge >= 0.3 is 5.97 Å². The lowest BCUT2D eigenvalue weighted by Gasteiger charge is -2.39. The summed E-state index contributed by atoms with van der Waals surface area (Å²) >= 11 is 0. The first-order chi connectivity index (χ1) is 6.92. The summed E-state index contributed by atoms with van der Waals surface area (Å²) in [5.74, 6) is -0.854. The number of carbonyl (C=O) groups is 1. The topological polar surface area (TPSA) is 58.6 Å². The average molecular weight is 231 g/mol. The summed E-state index contributed by atoms with van der Waals surface area (Å²) in [6.07, 6.45) is 0.406. The molecule has 0 fully saturated rings. The number of nitrogens with one attached hydrogen (secondary N) is 1. The van der Waals surface area contributed by atoms with E-state index in [1.54, 1.807) is 14.0 Å². The van der Waals surface area contributed by atoms with E-state index in [9.17, 15) is 9.90 Å². The van der Waals surface area contributed by atoms with Crippen LogP contribution in [0.3, 0.4) is 0 Å². The van der Waals surface area contributed by atoms with Gasteiger partial charge in [-0.05, 0) is 41.5 Å². The second-order valence-electron chi connectivity index (χ2n) is 6.15. The van der Waals surface area contributed by atoms with Gasteiger partial charge < -0.3 is 9.84 Å². The lowest BCUT2D eigenvalue weighted by molar-refractivity contribution is -0.148. The first-order valence-corrected chi connectivity index (χ1v) is 5.50. The fourth-order valence-electron chi connectivity index (χ4n) is 1.92. The highest BCUT2D eigenvalue weighted by molar-refractivity contribution is 5.78. The van der Waals surface area contributed by atoms with Gasteiger partial charge in [-0.2, -0.15) is 0 Å². The van der Waals surface area contributed by atoms with Crippen LogP contribution in [0.25, 0.3) is 0 Å². The van der Waals surface area contributed by atoms with Crippen molar-refractivity contribution in [3.63, 3.8) is 0 Å². The summed E-state index contributed by atoms with van der Waals surface area (Å²) in [6.45, 7) is 11.3. The minimum atomic E-state index is -0.988. The smallest absolute Gasteiger partial charge is 0.323 e. The minimum Gasteiger partial charge on any atom is -0.480 e. The van der Waals surface area contributed by atoms with Gasteiger partial charge in [0.1, 0.15) is 5.54 Å². The Morgan fingerprint density at radius 1 is 1.19 bits per heavy atom. The van der Waals surface area contributed by atoms with E-state index in [1.807, 2.05) is 34.6 Å². The van der Waals surface area contributed by atoms with Gasteiger partial charge in [-0.3, -0.25) is 10.1 Å². The Balaban J connectivity index is 4.92. The maximum atomic E-state index is 11.4. The third-order valence-electron chi connectivity index (χ3n) is 2.45. The van der Waals surface area contributed by atoms with E-state index in [1.165, 1.54) is 0 Å². The molecule has 0 heterocycles. The van der Waals surface area contributed by atoms with Crippen molar-refractivity contribution >= 4 is 5.97 Å². The van der Waals surface area contributed by atoms with Gasteiger partial charge in [0.15, 0.2) is 0 Å². The van der Waals surface area contributed by atoms with E-state index >= 15 is 0 Å². The Hall–Kier alpha value is -0.610. The van der Waals surface area contributed by atoms with Crippen molar-refractivity contribution in [2.24, 2.45) is 0 Å². The lowest BCUT2D eigenvalue weighted by Crippen LogP contribution is -2.59. The number of hydrogen-bond acceptors (Lipinski definition) is 3. The molecule has 1 unspecified atom stereocenters. The summed E-state index contributed by atoms with van der Waals surface area (Å²) in [7, 11) is 1.60. The molecular formula is C12H25NO3. The van der Waals surface area contributed by atoms with Gasteiger partial charge in [-0.25, -0.2) is 0 Å². The van der Waals surface area contributed by atoms with Crippen molar-refractivity contribution in [2.75, 3.05) is 7.11 Å². The molecule has 96 valence electrons. The molecule has 0 saturated carbocycles. The normalized spacial score (nSPS) is 16.9.